The highest BCUT2D eigenvalue weighted by Gasteiger charge is 2.24. The summed E-state index contributed by atoms with van der Waals surface area (Å²) in [7, 11) is 0. The smallest absolute Gasteiger partial charge is 0.311 e. The molecule has 1 atom stereocenters. The minimum atomic E-state index is -1.20. The number of rotatable bonds is 4. The van der Waals surface area contributed by atoms with Crippen molar-refractivity contribution in [3.05, 3.63) is 70.2 Å². The Morgan fingerprint density at radius 1 is 1.15 bits per heavy atom. The van der Waals surface area contributed by atoms with Crippen LogP contribution in [0.4, 0.5) is 8.78 Å². The summed E-state index contributed by atoms with van der Waals surface area (Å²) in [5, 5.41) is 9.47. The molecule has 0 radical (unpaired) electrons. The van der Waals surface area contributed by atoms with Crippen LogP contribution in [-0.2, 0) is 11.2 Å². The van der Waals surface area contributed by atoms with E-state index in [2.05, 4.69) is 0 Å². The fourth-order valence-corrected chi connectivity index (χ4v) is 2.15. The SMILES string of the molecule is O=C(O)C(Cc1ccc(Cl)cc1F)c1ccccc1F. The predicted octanol–water partition coefficient (Wildman–Crippen LogP) is 4.03. The van der Waals surface area contributed by atoms with Gasteiger partial charge >= 0.3 is 5.97 Å². The molecule has 20 heavy (non-hydrogen) atoms. The fraction of sp³-hybridized carbons (Fsp3) is 0.133. The summed E-state index contributed by atoms with van der Waals surface area (Å²) >= 11 is 5.64. The van der Waals surface area contributed by atoms with Crippen LogP contribution >= 0.6 is 11.6 Å². The summed E-state index contributed by atoms with van der Waals surface area (Å²) in [5.74, 6) is -3.56. The molecule has 0 heterocycles. The number of carbonyl (C=O) groups is 1. The van der Waals surface area contributed by atoms with E-state index >= 15 is 0 Å². The summed E-state index contributed by atoms with van der Waals surface area (Å²) in [6, 6.07) is 9.59. The van der Waals surface area contributed by atoms with Crippen LogP contribution < -0.4 is 0 Å². The van der Waals surface area contributed by atoms with E-state index in [0.29, 0.717) is 0 Å². The average Bonchev–Trinajstić information content (AvgIpc) is 2.39. The van der Waals surface area contributed by atoms with Crippen molar-refractivity contribution in [1.82, 2.24) is 0 Å². The second-order valence-corrected chi connectivity index (χ2v) is 4.79. The van der Waals surface area contributed by atoms with Crippen molar-refractivity contribution in [3.63, 3.8) is 0 Å². The molecule has 0 aliphatic rings. The first-order valence-corrected chi connectivity index (χ1v) is 6.28. The number of hydrogen-bond donors (Lipinski definition) is 1. The highest BCUT2D eigenvalue weighted by molar-refractivity contribution is 6.30. The summed E-state index contributed by atoms with van der Waals surface area (Å²) in [4.78, 5) is 11.3. The van der Waals surface area contributed by atoms with Crippen LogP contribution in [0, 0.1) is 11.6 Å². The maximum absolute atomic E-state index is 13.7. The van der Waals surface area contributed by atoms with Gasteiger partial charge in [0.1, 0.15) is 11.6 Å². The van der Waals surface area contributed by atoms with Gasteiger partial charge in [-0.05, 0) is 30.2 Å². The van der Waals surface area contributed by atoms with E-state index in [9.17, 15) is 18.7 Å². The maximum Gasteiger partial charge on any atom is 0.311 e. The first-order chi connectivity index (χ1) is 9.49. The fourth-order valence-electron chi connectivity index (χ4n) is 2.00. The van der Waals surface area contributed by atoms with Gasteiger partial charge in [0.25, 0.3) is 0 Å². The van der Waals surface area contributed by atoms with Crippen molar-refractivity contribution in [2.24, 2.45) is 0 Å². The van der Waals surface area contributed by atoms with Gasteiger partial charge in [-0.3, -0.25) is 4.79 Å². The Kier molecular flexibility index (Phi) is 4.35. The molecular formula is C15H11ClF2O2. The molecule has 104 valence electrons. The lowest BCUT2D eigenvalue weighted by Gasteiger charge is -2.14. The summed E-state index contributed by atoms with van der Waals surface area (Å²) < 4.78 is 27.4. The van der Waals surface area contributed by atoms with Gasteiger partial charge in [0.15, 0.2) is 0 Å². The van der Waals surface area contributed by atoms with Gasteiger partial charge in [-0.1, -0.05) is 35.9 Å². The minimum absolute atomic E-state index is 0.0364. The van der Waals surface area contributed by atoms with Gasteiger partial charge in [-0.2, -0.15) is 0 Å². The Labute approximate surface area is 119 Å². The van der Waals surface area contributed by atoms with Gasteiger partial charge in [-0.15, -0.1) is 0 Å². The zero-order valence-corrected chi connectivity index (χ0v) is 11.1. The van der Waals surface area contributed by atoms with Crippen LogP contribution in [0.3, 0.4) is 0 Å². The van der Waals surface area contributed by atoms with Crippen LogP contribution in [0.15, 0.2) is 42.5 Å². The zero-order chi connectivity index (χ0) is 14.7. The molecule has 2 nitrogen and oxygen atoms in total. The Balaban J connectivity index is 2.36. The topological polar surface area (TPSA) is 37.3 Å². The van der Waals surface area contributed by atoms with Crippen molar-refractivity contribution in [2.75, 3.05) is 0 Å². The monoisotopic (exact) mass is 296 g/mol. The van der Waals surface area contributed by atoms with Crippen LogP contribution in [0.5, 0.6) is 0 Å². The van der Waals surface area contributed by atoms with E-state index in [-0.39, 0.29) is 22.6 Å². The van der Waals surface area contributed by atoms with Gasteiger partial charge in [0, 0.05) is 10.6 Å². The van der Waals surface area contributed by atoms with Crippen molar-refractivity contribution in [2.45, 2.75) is 12.3 Å². The number of hydrogen-bond acceptors (Lipinski definition) is 1. The van der Waals surface area contributed by atoms with Crippen LogP contribution in [0.1, 0.15) is 17.0 Å². The Morgan fingerprint density at radius 2 is 1.85 bits per heavy atom. The third-order valence-corrected chi connectivity index (χ3v) is 3.25. The summed E-state index contributed by atoms with van der Waals surface area (Å²) in [6.45, 7) is 0. The van der Waals surface area contributed by atoms with E-state index in [0.717, 1.165) is 6.07 Å². The Bertz CT molecular complexity index is 644. The molecule has 2 aromatic rings. The van der Waals surface area contributed by atoms with E-state index in [1.165, 1.54) is 30.3 Å². The third-order valence-electron chi connectivity index (χ3n) is 3.02. The quantitative estimate of drug-likeness (QED) is 0.925. The second kappa shape index (κ2) is 6.01. The number of benzene rings is 2. The van der Waals surface area contributed by atoms with Crippen LogP contribution in [-0.4, -0.2) is 11.1 Å². The van der Waals surface area contributed by atoms with Gasteiger partial charge in [-0.25, -0.2) is 8.78 Å². The molecule has 1 N–H and O–H groups in total. The average molecular weight is 297 g/mol. The molecule has 0 amide bonds. The second-order valence-electron chi connectivity index (χ2n) is 4.35. The number of halogens is 3. The Morgan fingerprint density at radius 3 is 2.45 bits per heavy atom. The van der Waals surface area contributed by atoms with Crippen molar-refractivity contribution < 1.29 is 18.7 Å². The molecule has 0 aliphatic heterocycles. The summed E-state index contributed by atoms with van der Waals surface area (Å²) in [5.41, 5.74) is 0.222. The van der Waals surface area contributed by atoms with Crippen molar-refractivity contribution in [1.29, 1.82) is 0 Å². The largest absolute Gasteiger partial charge is 0.481 e. The molecule has 0 saturated carbocycles. The highest BCUT2D eigenvalue weighted by atomic mass is 35.5. The third kappa shape index (κ3) is 3.14. The van der Waals surface area contributed by atoms with E-state index in [1.807, 2.05) is 0 Å². The molecule has 0 aliphatic carbocycles. The molecule has 2 aromatic carbocycles. The summed E-state index contributed by atoms with van der Waals surface area (Å²) in [6.07, 6.45) is -0.140. The van der Waals surface area contributed by atoms with Crippen LogP contribution in [0.25, 0.3) is 0 Å². The maximum atomic E-state index is 13.7. The molecule has 0 fully saturated rings. The zero-order valence-electron chi connectivity index (χ0n) is 10.3. The lowest BCUT2D eigenvalue weighted by atomic mass is 9.91. The molecule has 2 rings (SSSR count). The van der Waals surface area contributed by atoms with Gasteiger partial charge < -0.3 is 5.11 Å². The first-order valence-electron chi connectivity index (χ1n) is 5.90. The molecule has 1 unspecified atom stereocenters. The molecule has 0 bridgehead atoms. The van der Waals surface area contributed by atoms with Crippen molar-refractivity contribution in [3.8, 4) is 0 Å². The molecular weight excluding hydrogens is 286 g/mol. The predicted molar refractivity (Wildman–Crippen MR) is 71.9 cm³/mol. The molecule has 0 aromatic heterocycles. The minimum Gasteiger partial charge on any atom is -0.481 e. The first kappa shape index (κ1) is 14.5. The number of aliphatic carboxylic acids is 1. The normalized spacial score (nSPS) is 12.2. The van der Waals surface area contributed by atoms with E-state index < -0.39 is 23.5 Å². The van der Waals surface area contributed by atoms with Crippen LogP contribution in [0.2, 0.25) is 5.02 Å². The van der Waals surface area contributed by atoms with Gasteiger partial charge in [0.2, 0.25) is 0 Å². The number of carboxylic acid groups (broad SMARTS) is 1. The lowest BCUT2D eigenvalue weighted by Crippen LogP contribution is -2.16. The van der Waals surface area contributed by atoms with Crippen molar-refractivity contribution >= 4 is 17.6 Å². The number of carboxylic acids is 1. The lowest BCUT2D eigenvalue weighted by molar-refractivity contribution is -0.138. The van der Waals surface area contributed by atoms with Gasteiger partial charge in [0.05, 0.1) is 5.92 Å². The van der Waals surface area contributed by atoms with E-state index in [4.69, 9.17) is 11.6 Å². The van der Waals surface area contributed by atoms with E-state index in [1.54, 1.807) is 6.07 Å². The highest BCUT2D eigenvalue weighted by Crippen LogP contribution is 2.26. The molecule has 0 saturated heterocycles. The molecule has 0 spiro atoms. The molecule has 5 heteroatoms. The Hall–Kier alpha value is -1.94. The standard InChI is InChI=1S/C15H11ClF2O2/c16-10-6-5-9(14(18)8-10)7-12(15(19)20)11-3-1-2-4-13(11)17/h1-6,8,12H,7H2,(H,19,20).